The van der Waals surface area contributed by atoms with E-state index >= 15 is 0 Å². The van der Waals surface area contributed by atoms with Crippen LogP contribution in [0.3, 0.4) is 0 Å². The summed E-state index contributed by atoms with van der Waals surface area (Å²) in [7, 11) is 0. The minimum atomic E-state index is 0.206. The number of benzene rings is 1. The first kappa shape index (κ1) is 18.4. The molecule has 3 heterocycles. The minimum Gasteiger partial charge on any atom is -0.507 e. The van der Waals surface area contributed by atoms with E-state index in [4.69, 9.17) is 4.98 Å². The van der Waals surface area contributed by atoms with Gasteiger partial charge in [-0.1, -0.05) is 18.2 Å². The first-order chi connectivity index (χ1) is 13.7. The summed E-state index contributed by atoms with van der Waals surface area (Å²) in [6.45, 7) is 4.71. The van der Waals surface area contributed by atoms with Crippen molar-refractivity contribution in [1.82, 2.24) is 20.3 Å². The molecule has 1 saturated heterocycles. The Kier molecular flexibility index (Phi) is 5.48. The zero-order valence-electron chi connectivity index (χ0n) is 16.0. The molecule has 0 radical (unpaired) electrons. The fourth-order valence-corrected chi connectivity index (χ4v) is 3.57. The average Bonchev–Trinajstić information content (AvgIpc) is 2.73. The van der Waals surface area contributed by atoms with Crippen LogP contribution < -0.4 is 10.2 Å². The molecular formula is C22H25N5O. The van der Waals surface area contributed by atoms with Gasteiger partial charge in [0.15, 0.2) is 5.82 Å². The Labute approximate surface area is 165 Å². The highest BCUT2D eigenvalue weighted by molar-refractivity contribution is 5.65. The lowest BCUT2D eigenvalue weighted by Crippen LogP contribution is -2.42. The predicted molar refractivity (Wildman–Crippen MR) is 110 cm³/mol. The molecule has 6 nitrogen and oxygen atoms in total. The van der Waals surface area contributed by atoms with Gasteiger partial charge in [0.2, 0.25) is 0 Å². The molecule has 1 aromatic carbocycles. The van der Waals surface area contributed by atoms with Gasteiger partial charge < -0.3 is 15.3 Å². The van der Waals surface area contributed by atoms with Crippen LogP contribution in [-0.2, 0) is 6.54 Å². The summed E-state index contributed by atoms with van der Waals surface area (Å²) in [6, 6.07) is 13.8. The second kappa shape index (κ2) is 8.35. The van der Waals surface area contributed by atoms with Gasteiger partial charge in [0.25, 0.3) is 0 Å². The average molecular weight is 375 g/mol. The first-order valence-electron chi connectivity index (χ1n) is 9.70. The Morgan fingerprint density at radius 3 is 2.68 bits per heavy atom. The highest BCUT2D eigenvalue weighted by atomic mass is 16.3. The largest absolute Gasteiger partial charge is 0.507 e. The van der Waals surface area contributed by atoms with Gasteiger partial charge in [-0.2, -0.15) is 0 Å². The van der Waals surface area contributed by atoms with Gasteiger partial charge in [-0.3, -0.25) is 4.98 Å². The molecule has 1 fully saturated rings. The highest BCUT2D eigenvalue weighted by Gasteiger charge is 2.21. The van der Waals surface area contributed by atoms with Crippen LogP contribution in [0.15, 0.2) is 54.9 Å². The van der Waals surface area contributed by atoms with Crippen molar-refractivity contribution in [2.75, 3.05) is 18.0 Å². The monoisotopic (exact) mass is 375 g/mol. The van der Waals surface area contributed by atoms with Crippen LogP contribution in [0.5, 0.6) is 5.75 Å². The van der Waals surface area contributed by atoms with Gasteiger partial charge in [0.1, 0.15) is 11.6 Å². The number of pyridine rings is 1. The number of phenols is 1. The van der Waals surface area contributed by atoms with Crippen molar-refractivity contribution >= 4 is 5.82 Å². The molecule has 0 saturated carbocycles. The summed E-state index contributed by atoms with van der Waals surface area (Å²) in [4.78, 5) is 15.7. The topological polar surface area (TPSA) is 74.2 Å². The van der Waals surface area contributed by atoms with Gasteiger partial charge in [-0.05, 0) is 43.5 Å². The molecule has 2 aromatic heterocycles. The maximum atomic E-state index is 10.1. The summed E-state index contributed by atoms with van der Waals surface area (Å²) < 4.78 is 0. The summed E-state index contributed by atoms with van der Waals surface area (Å²) in [5, 5.41) is 13.8. The van der Waals surface area contributed by atoms with Crippen LogP contribution in [-0.4, -0.2) is 39.2 Å². The Morgan fingerprint density at radius 2 is 1.93 bits per heavy atom. The zero-order chi connectivity index (χ0) is 19.3. The molecule has 4 rings (SSSR count). The molecule has 0 amide bonds. The molecule has 2 N–H and O–H groups in total. The van der Waals surface area contributed by atoms with E-state index in [0.717, 1.165) is 44.0 Å². The van der Waals surface area contributed by atoms with E-state index in [1.807, 2.05) is 37.4 Å². The molecule has 144 valence electrons. The summed E-state index contributed by atoms with van der Waals surface area (Å²) in [5.74, 6) is 1.71. The predicted octanol–water partition coefficient (Wildman–Crippen LogP) is 3.31. The van der Waals surface area contributed by atoms with Gasteiger partial charge in [-0.15, -0.1) is 0 Å². The standard InChI is InChI=1S/C22H25N5O/c1-16-13-21(26-22(25-16)19-6-2-3-7-20(19)28)27-11-8-18(9-12-27)24-15-17-5-4-10-23-14-17/h2-7,10,13-14,18,24,28H,8-9,11-12,15H2,1H3. The van der Waals surface area contributed by atoms with Crippen molar-refractivity contribution in [2.45, 2.75) is 32.4 Å². The van der Waals surface area contributed by atoms with Crippen molar-refractivity contribution in [3.8, 4) is 17.1 Å². The molecule has 3 aromatic rings. The van der Waals surface area contributed by atoms with E-state index in [1.54, 1.807) is 18.3 Å². The number of aromatic hydroxyl groups is 1. The molecule has 0 spiro atoms. The second-order valence-electron chi connectivity index (χ2n) is 7.21. The third kappa shape index (κ3) is 4.28. The molecule has 28 heavy (non-hydrogen) atoms. The van der Waals surface area contributed by atoms with Gasteiger partial charge >= 0.3 is 0 Å². The summed E-state index contributed by atoms with van der Waals surface area (Å²) >= 11 is 0. The molecule has 0 atom stereocenters. The van der Waals surface area contributed by atoms with Gasteiger partial charge in [-0.25, -0.2) is 9.97 Å². The highest BCUT2D eigenvalue weighted by Crippen LogP contribution is 2.28. The Hall–Kier alpha value is -2.99. The molecule has 0 bridgehead atoms. The fourth-order valence-electron chi connectivity index (χ4n) is 3.57. The van der Waals surface area contributed by atoms with E-state index in [0.29, 0.717) is 17.4 Å². The first-order valence-corrected chi connectivity index (χ1v) is 9.70. The number of phenolic OH excluding ortho intramolecular Hbond substituents is 1. The number of nitrogens with zero attached hydrogens (tertiary/aromatic N) is 4. The number of nitrogens with one attached hydrogen (secondary N) is 1. The SMILES string of the molecule is Cc1cc(N2CCC(NCc3cccnc3)CC2)nc(-c2ccccc2O)n1. The van der Waals surface area contributed by atoms with E-state index in [2.05, 4.69) is 26.3 Å². The molecular weight excluding hydrogens is 350 g/mol. The third-order valence-corrected chi connectivity index (χ3v) is 5.12. The number of aryl methyl sites for hydroxylation is 1. The van der Waals surface area contributed by atoms with E-state index in [-0.39, 0.29) is 5.75 Å². The number of hydrogen-bond acceptors (Lipinski definition) is 6. The molecule has 0 aliphatic carbocycles. The van der Waals surface area contributed by atoms with Crippen LogP contribution in [0.1, 0.15) is 24.1 Å². The van der Waals surface area contributed by atoms with Crippen molar-refractivity contribution < 1.29 is 5.11 Å². The Bertz CT molecular complexity index is 923. The van der Waals surface area contributed by atoms with E-state index in [9.17, 15) is 5.11 Å². The van der Waals surface area contributed by atoms with Crippen LogP contribution in [0.4, 0.5) is 5.82 Å². The maximum Gasteiger partial charge on any atom is 0.165 e. The lowest BCUT2D eigenvalue weighted by molar-refractivity contribution is 0.412. The molecule has 1 aliphatic heterocycles. The summed E-state index contributed by atoms with van der Waals surface area (Å²) in [5.41, 5.74) is 2.78. The van der Waals surface area contributed by atoms with Crippen LogP contribution in [0.2, 0.25) is 0 Å². The second-order valence-corrected chi connectivity index (χ2v) is 7.21. The molecule has 6 heteroatoms. The van der Waals surface area contributed by atoms with Crippen molar-refractivity contribution in [3.05, 3.63) is 66.1 Å². The zero-order valence-corrected chi connectivity index (χ0v) is 16.0. The van der Waals surface area contributed by atoms with Crippen LogP contribution >= 0.6 is 0 Å². The normalized spacial score (nSPS) is 15.0. The number of piperidine rings is 1. The number of para-hydroxylation sites is 1. The fraction of sp³-hybridized carbons (Fsp3) is 0.318. The van der Waals surface area contributed by atoms with Gasteiger partial charge in [0.05, 0.1) is 5.56 Å². The van der Waals surface area contributed by atoms with Crippen molar-refractivity contribution in [2.24, 2.45) is 0 Å². The van der Waals surface area contributed by atoms with Crippen molar-refractivity contribution in [3.63, 3.8) is 0 Å². The Morgan fingerprint density at radius 1 is 1.11 bits per heavy atom. The lowest BCUT2D eigenvalue weighted by atomic mass is 10.0. The maximum absolute atomic E-state index is 10.1. The Balaban J connectivity index is 1.41. The lowest BCUT2D eigenvalue weighted by Gasteiger charge is -2.33. The van der Waals surface area contributed by atoms with Gasteiger partial charge in [0, 0.05) is 49.8 Å². The third-order valence-electron chi connectivity index (χ3n) is 5.12. The van der Waals surface area contributed by atoms with Crippen LogP contribution in [0, 0.1) is 6.92 Å². The van der Waals surface area contributed by atoms with Crippen LogP contribution in [0.25, 0.3) is 11.4 Å². The molecule has 0 unspecified atom stereocenters. The smallest absolute Gasteiger partial charge is 0.165 e. The number of rotatable bonds is 5. The van der Waals surface area contributed by atoms with E-state index in [1.165, 1.54) is 5.56 Å². The molecule has 1 aliphatic rings. The quantitative estimate of drug-likeness (QED) is 0.713. The number of hydrogen-bond donors (Lipinski definition) is 2. The number of aromatic nitrogens is 3. The minimum absolute atomic E-state index is 0.206. The van der Waals surface area contributed by atoms with Crippen molar-refractivity contribution in [1.29, 1.82) is 0 Å². The number of anilines is 1. The summed E-state index contributed by atoms with van der Waals surface area (Å²) in [6.07, 6.45) is 5.84. The van der Waals surface area contributed by atoms with E-state index < -0.39 is 0 Å².